The molecule has 0 spiro atoms. The van der Waals surface area contributed by atoms with Gasteiger partial charge in [-0.1, -0.05) is 12.1 Å². The van der Waals surface area contributed by atoms with Gasteiger partial charge < -0.3 is 5.32 Å². The van der Waals surface area contributed by atoms with Gasteiger partial charge in [0.1, 0.15) is 12.4 Å². The van der Waals surface area contributed by atoms with Crippen LogP contribution in [0.5, 0.6) is 0 Å². The zero-order valence-electron chi connectivity index (χ0n) is 20.9. The van der Waals surface area contributed by atoms with Crippen LogP contribution in [-0.2, 0) is 20.0 Å². The highest BCUT2D eigenvalue weighted by Crippen LogP contribution is 2.50. The fraction of sp³-hybridized carbons (Fsp3) is 0.296. The van der Waals surface area contributed by atoms with Gasteiger partial charge in [0.2, 0.25) is 5.91 Å². The molecule has 1 heterocycles. The monoisotopic (exact) mass is 542 g/mol. The number of rotatable bonds is 6. The van der Waals surface area contributed by atoms with Crippen LogP contribution in [0.2, 0.25) is 0 Å². The summed E-state index contributed by atoms with van der Waals surface area (Å²) >= 11 is 0. The largest absolute Gasteiger partial charge is 0.339 e. The third kappa shape index (κ3) is 4.96. The minimum Gasteiger partial charge on any atom is -0.339 e. The summed E-state index contributed by atoms with van der Waals surface area (Å²) in [4.78, 5) is 13.3. The van der Waals surface area contributed by atoms with Crippen LogP contribution in [0.1, 0.15) is 32.4 Å². The van der Waals surface area contributed by atoms with E-state index in [1.54, 1.807) is 31.3 Å². The minimum atomic E-state index is -3.46. The molecule has 0 saturated carbocycles. The number of hydrogen-bond donors (Lipinski definition) is 1. The van der Waals surface area contributed by atoms with E-state index < -0.39 is 44.9 Å². The SMILES string of the molecule is CC1=C(C(=O)NCC#N)C(C)(c2nn(-c3ccc(F)cc3)cc2-c2ccc(S(C)(=O)=O)cc2)CCC1(F)F. The summed E-state index contributed by atoms with van der Waals surface area (Å²) in [7, 11) is -3.46. The number of nitrogens with zero attached hydrogens (tertiary/aromatic N) is 3. The van der Waals surface area contributed by atoms with Crippen molar-refractivity contribution in [1.29, 1.82) is 5.26 Å². The average molecular weight is 543 g/mol. The number of sulfone groups is 1. The van der Waals surface area contributed by atoms with Gasteiger partial charge in [-0.3, -0.25) is 4.79 Å². The molecule has 0 fully saturated rings. The van der Waals surface area contributed by atoms with E-state index >= 15 is 0 Å². The van der Waals surface area contributed by atoms with Crippen molar-refractivity contribution in [2.45, 2.75) is 42.9 Å². The van der Waals surface area contributed by atoms with Crippen molar-refractivity contribution in [2.75, 3.05) is 12.8 Å². The second-order valence-corrected chi connectivity index (χ2v) is 11.5. The predicted molar refractivity (Wildman–Crippen MR) is 135 cm³/mol. The maximum Gasteiger partial charge on any atom is 0.269 e. The van der Waals surface area contributed by atoms with Crippen molar-refractivity contribution in [3.8, 4) is 22.9 Å². The van der Waals surface area contributed by atoms with E-state index in [0.717, 1.165) is 6.26 Å². The van der Waals surface area contributed by atoms with E-state index in [4.69, 9.17) is 10.4 Å². The van der Waals surface area contributed by atoms with E-state index in [2.05, 4.69) is 5.32 Å². The van der Waals surface area contributed by atoms with Gasteiger partial charge >= 0.3 is 0 Å². The van der Waals surface area contributed by atoms with E-state index in [1.165, 1.54) is 48.0 Å². The topological polar surface area (TPSA) is 105 Å². The summed E-state index contributed by atoms with van der Waals surface area (Å²) < 4.78 is 68.7. The maximum atomic E-state index is 14.9. The smallest absolute Gasteiger partial charge is 0.269 e. The molecular formula is C27H25F3N4O3S. The minimum absolute atomic E-state index is 0.101. The van der Waals surface area contributed by atoms with Crippen LogP contribution >= 0.6 is 0 Å². The van der Waals surface area contributed by atoms with Crippen LogP contribution in [-0.4, -0.2) is 42.8 Å². The molecule has 0 aliphatic heterocycles. The van der Waals surface area contributed by atoms with E-state index in [-0.39, 0.29) is 23.4 Å². The molecule has 38 heavy (non-hydrogen) atoms. The molecular weight excluding hydrogens is 517 g/mol. The zero-order chi connectivity index (χ0) is 27.9. The van der Waals surface area contributed by atoms with Gasteiger partial charge in [-0.2, -0.15) is 10.4 Å². The molecule has 198 valence electrons. The number of hydrogen-bond acceptors (Lipinski definition) is 5. The number of aromatic nitrogens is 2. The zero-order valence-corrected chi connectivity index (χ0v) is 21.7. The van der Waals surface area contributed by atoms with Gasteiger partial charge in [0.05, 0.1) is 22.3 Å². The normalized spacial score (nSPS) is 19.2. The van der Waals surface area contributed by atoms with Crippen LogP contribution in [0.4, 0.5) is 13.2 Å². The lowest BCUT2D eigenvalue weighted by atomic mass is 9.66. The summed E-state index contributed by atoms with van der Waals surface area (Å²) in [6, 6.07) is 13.3. The van der Waals surface area contributed by atoms with Gasteiger partial charge in [0.15, 0.2) is 9.84 Å². The van der Waals surface area contributed by atoms with Gasteiger partial charge in [-0.15, -0.1) is 0 Å². The number of carbonyl (C=O) groups excluding carboxylic acids is 1. The van der Waals surface area contributed by atoms with Gasteiger partial charge in [-0.25, -0.2) is 26.3 Å². The third-order valence-corrected chi connectivity index (χ3v) is 8.02. The standard InChI is InChI=1S/C27H25F3N4O3S/c1-17-23(25(35)32-15-14-31)26(2,12-13-27(17,29)30)24-22(18-4-10-21(11-5-18)38(3,36)37)16-34(33-24)20-8-6-19(28)7-9-20/h4-11,16H,12-13,15H2,1-3H3,(H,32,35). The van der Waals surface area contributed by atoms with E-state index in [0.29, 0.717) is 22.5 Å². The third-order valence-electron chi connectivity index (χ3n) is 6.89. The quantitative estimate of drug-likeness (QED) is 0.454. The van der Waals surface area contributed by atoms with Crippen molar-refractivity contribution in [1.82, 2.24) is 15.1 Å². The fourth-order valence-corrected chi connectivity index (χ4v) is 5.41. The first kappa shape index (κ1) is 27.1. The van der Waals surface area contributed by atoms with Crippen LogP contribution in [0.25, 0.3) is 16.8 Å². The van der Waals surface area contributed by atoms with Crippen molar-refractivity contribution in [2.24, 2.45) is 0 Å². The van der Waals surface area contributed by atoms with E-state index in [9.17, 15) is 26.4 Å². The molecule has 11 heteroatoms. The fourth-order valence-electron chi connectivity index (χ4n) is 4.78. The maximum absolute atomic E-state index is 14.9. The number of benzene rings is 2. The van der Waals surface area contributed by atoms with Gasteiger partial charge in [-0.05, 0) is 62.2 Å². The number of alkyl halides is 2. The average Bonchev–Trinajstić information content (AvgIpc) is 3.32. The summed E-state index contributed by atoms with van der Waals surface area (Å²) in [5.74, 6) is -4.47. The number of nitriles is 1. The van der Waals surface area contributed by atoms with Gasteiger partial charge in [0, 0.05) is 41.0 Å². The van der Waals surface area contributed by atoms with Crippen LogP contribution < -0.4 is 5.32 Å². The lowest BCUT2D eigenvalue weighted by Crippen LogP contribution is -2.44. The van der Waals surface area contributed by atoms with Crippen LogP contribution in [0, 0.1) is 17.1 Å². The Morgan fingerprint density at radius 1 is 1.13 bits per heavy atom. The van der Waals surface area contributed by atoms with Crippen LogP contribution in [0.3, 0.4) is 0 Å². The molecule has 2 aromatic carbocycles. The van der Waals surface area contributed by atoms with Gasteiger partial charge in [0.25, 0.3) is 5.92 Å². The first-order chi connectivity index (χ1) is 17.8. The first-order valence-corrected chi connectivity index (χ1v) is 13.6. The number of allylic oxidation sites excluding steroid dienone is 1. The Labute approximate surface area is 218 Å². The summed E-state index contributed by atoms with van der Waals surface area (Å²) in [5.41, 5.74) is -0.0343. The Hall–Kier alpha value is -3.91. The van der Waals surface area contributed by atoms with E-state index in [1.807, 2.05) is 0 Å². The van der Waals surface area contributed by atoms with Crippen molar-refractivity contribution in [3.63, 3.8) is 0 Å². The molecule has 1 unspecified atom stereocenters. The molecule has 3 aromatic rings. The number of halogens is 3. The number of nitrogens with one attached hydrogen (secondary N) is 1. The molecule has 1 amide bonds. The summed E-state index contributed by atoms with van der Waals surface area (Å²) in [6.07, 6.45) is 2.07. The lowest BCUT2D eigenvalue weighted by molar-refractivity contribution is -0.118. The molecule has 0 saturated heterocycles. The summed E-state index contributed by atoms with van der Waals surface area (Å²) in [5, 5.41) is 16.0. The number of amides is 1. The molecule has 1 aromatic heterocycles. The van der Waals surface area contributed by atoms with Crippen LogP contribution in [0.15, 0.2) is 70.8 Å². The highest BCUT2D eigenvalue weighted by Gasteiger charge is 2.50. The Bertz CT molecular complexity index is 1570. The van der Waals surface area contributed by atoms with Crippen molar-refractivity contribution >= 4 is 15.7 Å². The Kier molecular flexibility index (Phi) is 6.97. The van der Waals surface area contributed by atoms with Crippen molar-refractivity contribution in [3.05, 3.63) is 77.4 Å². The highest BCUT2D eigenvalue weighted by atomic mass is 32.2. The second-order valence-electron chi connectivity index (χ2n) is 9.49. The predicted octanol–water partition coefficient (Wildman–Crippen LogP) is 4.72. The summed E-state index contributed by atoms with van der Waals surface area (Å²) in [6.45, 7) is 2.50. The second kappa shape index (κ2) is 9.76. The molecule has 1 N–H and O–H groups in total. The number of carbonyl (C=O) groups is 1. The molecule has 0 radical (unpaired) electrons. The Balaban J connectivity index is 1.97. The molecule has 0 bridgehead atoms. The molecule has 4 rings (SSSR count). The van der Waals surface area contributed by atoms with Crippen molar-refractivity contribution < 1.29 is 26.4 Å². The Morgan fingerprint density at radius 2 is 1.76 bits per heavy atom. The molecule has 7 nitrogen and oxygen atoms in total. The molecule has 1 aliphatic carbocycles. The Morgan fingerprint density at radius 3 is 2.34 bits per heavy atom. The molecule has 1 aliphatic rings. The highest BCUT2D eigenvalue weighted by molar-refractivity contribution is 7.90. The first-order valence-electron chi connectivity index (χ1n) is 11.7. The lowest BCUT2D eigenvalue weighted by Gasteiger charge is -2.39. The molecule has 1 atom stereocenters.